The van der Waals surface area contributed by atoms with Crippen LogP contribution in [0.5, 0.6) is 0 Å². The normalized spacial score (nSPS) is 13.2. The maximum atomic E-state index is 12.0. The van der Waals surface area contributed by atoms with Crippen LogP contribution in [0.15, 0.2) is 24.0 Å². The molecule has 0 aliphatic heterocycles. The number of hydrogen-bond acceptors (Lipinski definition) is 3. The van der Waals surface area contributed by atoms with Crippen molar-refractivity contribution in [3.63, 3.8) is 0 Å². The SMILES string of the molecule is C=C(C=C(C)OCC(=O)CPO)C(F)(F)F. The molecule has 0 saturated heterocycles. The van der Waals surface area contributed by atoms with E-state index in [0.717, 1.165) is 0 Å². The van der Waals surface area contributed by atoms with E-state index in [1.165, 1.54) is 6.92 Å². The number of halogens is 3. The van der Waals surface area contributed by atoms with Crippen LogP contribution in [0.4, 0.5) is 13.2 Å². The number of allylic oxidation sites excluding steroid dienone is 3. The second-order valence-corrected chi connectivity index (χ2v) is 3.61. The first-order valence-corrected chi connectivity index (χ1v) is 5.38. The Morgan fingerprint density at radius 2 is 2.12 bits per heavy atom. The lowest BCUT2D eigenvalue weighted by molar-refractivity contribution is -0.119. The summed E-state index contributed by atoms with van der Waals surface area (Å²) in [5.41, 5.74) is -1.04. The summed E-state index contributed by atoms with van der Waals surface area (Å²) in [5, 5.41) is 0. The Hall–Kier alpha value is -0.870. The molecule has 0 aromatic carbocycles. The third-order valence-electron chi connectivity index (χ3n) is 1.48. The van der Waals surface area contributed by atoms with Gasteiger partial charge in [0.1, 0.15) is 6.61 Å². The van der Waals surface area contributed by atoms with Crippen molar-refractivity contribution < 1.29 is 27.6 Å². The van der Waals surface area contributed by atoms with Gasteiger partial charge in [0, 0.05) is 8.81 Å². The number of carbonyl (C=O) groups excluding carboxylic acids is 1. The number of ether oxygens (including phenoxy) is 1. The van der Waals surface area contributed by atoms with E-state index in [0.29, 0.717) is 6.08 Å². The number of alkyl halides is 3. The van der Waals surface area contributed by atoms with Gasteiger partial charge in [-0.3, -0.25) is 4.79 Å². The molecule has 7 heteroatoms. The first kappa shape index (κ1) is 15.1. The third kappa shape index (κ3) is 6.58. The average Bonchev–Trinajstić information content (AvgIpc) is 2.13. The van der Waals surface area contributed by atoms with Gasteiger partial charge in [0.15, 0.2) is 5.78 Å². The van der Waals surface area contributed by atoms with Crippen molar-refractivity contribution in [2.45, 2.75) is 13.1 Å². The molecule has 0 radical (unpaired) electrons. The summed E-state index contributed by atoms with van der Waals surface area (Å²) >= 11 is 0. The van der Waals surface area contributed by atoms with Crippen LogP contribution < -0.4 is 0 Å². The molecule has 0 aromatic heterocycles. The Bertz CT molecular complexity index is 297. The zero-order chi connectivity index (χ0) is 12.8. The summed E-state index contributed by atoms with van der Waals surface area (Å²) in [6.45, 7) is 3.78. The van der Waals surface area contributed by atoms with Gasteiger partial charge in [-0.1, -0.05) is 6.58 Å². The maximum absolute atomic E-state index is 12.0. The van der Waals surface area contributed by atoms with Crippen LogP contribution in [0.25, 0.3) is 0 Å². The number of ketones is 1. The van der Waals surface area contributed by atoms with Crippen LogP contribution in [0.1, 0.15) is 6.92 Å². The molecule has 0 saturated carbocycles. The van der Waals surface area contributed by atoms with Gasteiger partial charge in [0.05, 0.1) is 17.5 Å². The molecule has 1 N–H and O–H groups in total. The Morgan fingerprint density at radius 3 is 2.56 bits per heavy atom. The van der Waals surface area contributed by atoms with Crippen molar-refractivity contribution in [1.29, 1.82) is 0 Å². The molecule has 0 aliphatic rings. The van der Waals surface area contributed by atoms with E-state index in [1.807, 2.05) is 0 Å². The van der Waals surface area contributed by atoms with Gasteiger partial charge in [0.25, 0.3) is 0 Å². The van der Waals surface area contributed by atoms with Crippen LogP contribution >= 0.6 is 8.81 Å². The van der Waals surface area contributed by atoms with E-state index < -0.39 is 20.6 Å². The highest BCUT2D eigenvalue weighted by atomic mass is 31.1. The molecule has 0 aliphatic carbocycles. The Balaban J connectivity index is 4.16. The van der Waals surface area contributed by atoms with Crippen LogP contribution in [0.2, 0.25) is 0 Å². The molecular formula is C9H12F3O3P. The summed E-state index contributed by atoms with van der Waals surface area (Å²) in [4.78, 5) is 19.3. The molecule has 0 aromatic rings. The monoisotopic (exact) mass is 256 g/mol. The predicted molar refractivity (Wildman–Crippen MR) is 55.3 cm³/mol. The van der Waals surface area contributed by atoms with Crippen LogP contribution in [-0.2, 0) is 9.53 Å². The van der Waals surface area contributed by atoms with E-state index in [2.05, 4.69) is 6.58 Å². The third-order valence-corrected chi connectivity index (χ3v) is 2.03. The minimum atomic E-state index is -4.50. The van der Waals surface area contributed by atoms with E-state index in [4.69, 9.17) is 9.63 Å². The van der Waals surface area contributed by atoms with Crippen molar-refractivity contribution in [2.24, 2.45) is 0 Å². The molecule has 3 nitrogen and oxygen atoms in total. The molecule has 92 valence electrons. The van der Waals surface area contributed by atoms with Crippen molar-refractivity contribution in [1.82, 2.24) is 0 Å². The summed E-state index contributed by atoms with van der Waals surface area (Å²) in [6.07, 6.45) is -3.83. The van der Waals surface area contributed by atoms with E-state index in [9.17, 15) is 18.0 Å². The van der Waals surface area contributed by atoms with Crippen molar-refractivity contribution in [3.8, 4) is 0 Å². The Morgan fingerprint density at radius 1 is 1.56 bits per heavy atom. The summed E-state index contributed by atoms with van der Waals surface area (Å²) in [6, 6.07) is 0. The van der Waals surface area contributed by atoms with Gasteiger partial charge < -0.3 is 9.63 Å². The molecule has 16 heavy (non-hydrogen) atoms. The number of carbonyl (C=O) groups is 1. The van der Waals surface area contributed by atoms with E-state index in [-0.39, 0.29) is 24.3 Å². The minimum absolute atomic E-state index is 0.0445. The average molecular weight is 256 g/mol. The quantitative estimate of drug-likeness (QED) is 0.450. The number of rotatable bonds is 6. The van der Waals surface area contributed by atoms with Gasteiger partial charge in [-0.25, -0.2) is 0 Å². The fourth-order valence-corrected chi connectivity index (χ4v) is 0.981. The zero-order valence-corrected chi connectivity index (χ0v) is 9.60. The molecule has 0 amide bonds. The first-order valence-electron chi connectivity index (χ1n) is 4.23. The number of Topliss-reactive ketones (excluding diaryl/α,β-unsaturated/α-hetero) is 1. The molecule has 1 unspecified atom stereocenters. The van der Waals surface area contributed by atoms with Crippen molar-refractivity contribution in [3.05, 3.63) is 24.0 Å². The lowest BCUT2D eigenvalue weighted by atomic mass is 10.2. The van der Waals surface area contributed by atoms with Gasteiger partial charge in [-0.2, -0.15) is 13.2 Å². The second-order valence-electron chi connectivity index (χ2n) is 2.94. The largest absolute Gasteiger partial charge is 0.490 e. The summed E-state index contributed by atoms with van der Waals surface area (Å²) < 4.78 is 40.9. The van der Waals surface area contributed by atoms with Gasteiger partial charge in [-0.15, -0.1) is 0 Å². The second kappa shape index (κ2) is 6.66. The fourth-order valence-electron chi connectivity index (χ4n) is 0.702. The van der Waals surface area contributed by atoms with Crippen LogP contribution in [-0.4, -0.2) is 29.6 Å². The highest BCUT2D eigenvalue weighted by molar-refractivity contribution is 7.32. The standard InChI is InChI=1S/C9H12F3O3P/c1-6(9(10,11)12)3-7(2)15-4-8(13)5-16-14/h3,14,16H,1,4-5H2,2H3. The summed E-state index contributed by atoms with van der Waals surface area (Å²) in [7, 11) is -0.518. The van der Waals surface area contributed by atoms with Gasteiger partial charge >= 0.3 is 6.18 Å². The molecule has 1 atom stereocenters. The molecule has 0 fully saturated rings. The van der Waals surface area contributed by atoms with Crippen molar-refractivity contribution >= 4 is 14.6 Å². The first-order chi connectivity index (χ1) is 7.27. The lowest BCUT2D eigenvalue weighted by Crippen LogP contribution is -2.12. The highest BCUT2D eigenvalue weighted by Gasteiger charge is 2.30. The van der Waals surface area contributed by atoms with E-state index in [1.54, 1.807) is 0 Å². The highest BCUT2D eigenvalue weighted by Crippen LogP contribution is 2.25. The fraction of sp³-hybridized carbons (Fsp3) is 0.444. The molecule has 0 rings (SSSR count). The maximum Gasteiger partial charge on any atom is 0.415 e. The van der Waals surface area contributed by atoms with Crippen LogP contribution in [0.3, 0.4) is 0 Å². The smallest absolute Gasteiger partial charge is 0.415 e. The number of hydrogen-bond donors (Lipinski definition) is 1. The molecule has 0 bridgehead atoms. The predicted octanol–water partition coefficient (Wildman–Crippen LogP) is 2.18. The van der Waals surface area contributed by atoms with Gasteiger partial charge in [-0.05, 0) is 13.0 Å². The van der Waals surface area contributed by atoms with Crippen molar-refractivity contribution in [2.75, 3.05) is 12.8 Å². The van der Waals surface area contributed by atoms with E-state index >= 15 is 0 Å². The summed E-state index contributed by atoms with van der Waals surface area (Å²) in [5.74, 6) is -0.414. The molecule has 0 heterocycles. The topological polar surface area (TPSA) is 46.5 Å². The minimum Gasteiger partial charge on any atom is -0.490 e. The lowest BCUT2D eigenvalue weighted by Gasteiger charge is -2.08. The Labute approximate surface area is 92.8 Å². The molecular weight excluding hydrogens is 244 g/mol. The molecule has 0 spiro atoms. The van der Waals surface area contributed by atoms with Crippen LogP contribution in [0, 0.1) is 0 Å². The van der Waals surface area contributed by atoms with Gasteiger partial charge in [0.2, 0.25) is 0 Å². The zero-order valence-electron chi connectivity index (χ0n) is 8.60. The Kier molecular flexibility index (Phi) is 6.29.